The third-order valence-electron chi connectivity index (χ3n) is 2.93. The first-order valence-electron chi connectivity index (χ1n) is 6.05. The van der Waals surface area contributed by atoms with Crippen molar-refractivity contribution in [3.05, 3.63) is 35.9 Å². The lowest BCUT2D eigenvalue weighted by Gasteiger charge is -2.16. The fourth-order valence-electron chi connectivity index (χ4n) is 1.99. The highest BCUT2D eigenvalue weighted by Gasteiger charge is 2.35. The zero-order valence-electron chi connectivity index (χ0n) is 10.2. The molecule has 0 radical (unpaired) electrons. The first-order chi connectivity index (χ1) is 8.72. The molecule has 5 nitrogen and oxygen atoms in total. The van der Waals surface area contributed by atoms with E-state index in [0.29, 0.717) is 26.1 Å². The second kappa shape index (κ2) is 5.64. The number of nitrogens with zero attached hydrogens (tertiary/aromatic N) is 2. The van der Waals surface area contributed by atoms with E-state index in [1.54, 1.807) is 4.90 Å². The summed E-state index contributed by atoms with van der Waals surface area (Å²) in [5.74, 6) is -0.135. The topological polar surface area (TPSA) is 66.6 Å². The fourth-order valence-corrected chi connectivity index (χ4v) is 1.99. The Labute approximate surface area is 106 Å². The Morgan fingerprint density at radius 3 is 2.56 bits per heavy atom. The molecule has 0 aromatic heterocycles. The Kier molecular flexibility index (Phi) is 3.94. The van der Waals surface area contributed by atoms with Crippen molar-refractivity contribution in [3.8, 4) is 0 Å². The van der Waals surface area contributed by atoms with Gasteiger partial charge in [-0.25, -0.2) is 4.79 Å². The highest BCUT2D eigenvalue weighted by Crippen LogP contribution is 2.14. The van der Waals surface area contributed by atoms with Crippen LogP contribution in [0.1, 0.15) is 12.0 Å². The van der Waals surface area contributed by atoms with Gasteiger partial charge < -0.3 is 10.6 Å². The van der Waals surface area contributed by atoms with Crippen LogP contribution in [0, 0.1) is 0 Å². The Bertz CT molecular complexity index is 433. The Morgan fingerprint density at radius 2 is 1.89 bits per heavy atom. The molecule has 0 spiro atoms. The van der Waals surface area contributed by atoms with Crippen LogP contribution in [-0.2, 0) is 11.3 Å². The van der Waals surface area contributed by atoms with Gasteiger partial charge in [-0.3, -0.25) is 9.69 Å². The first kappa shape index (κ1) is 12.6. The maximum atomic E-state index is 12.0. The molecule has 1 saturated heterocycles. The zero-order valence-corrected chi connectivity index (χ0v) is 10.2. The van der Waals surface area contributed by atoms with Crippen LogP contribution in [-0.4, -0.2) is 41.4 Å². The average Bonchev–Trinajstić information content (AvgIpc) is 2.64. The smallest absolute Gasteiger partial charge is 0.327 e. The Morgan fingerprint density at radius 1 is 1.17 bits per heavy atom. The van der Waals surface area contributed by atoms with E-state index >= 15 is 0 Å². The predicted octanol–water partition coefficient (Wildman–Crippen LogP) is 0.800. The molecular weight excluding hydrogens is 230 g/mol. The second-order valence-corrected chi connectivity index (χ2v) is 4.31. The van der Waals surface area contributed by atoms with E-state index in [1.807, 2.05) is 30.3 Å². The van der Waals surface area contributed by atoms with E-state index in [9.17, 15) is 9.59 Å². The van der Waals surface area contributed by atoms with Crippen LogP contribution in [0.3, 0.4) is 0 Å². The number of rotatable bonds is 5. The zero-order chi connectivity index (χ0) is 13.0. The Hall–Kier alpha value is -1.88. The molecule has 1 fully saturated rings. The minimum atomic E-state index is -0.211. The molecule has 18 heavy (non-hydrogen) atoms. The van der Waals surface area contributed by atoms with Gasteiger partial charge >= 0.3 is 6.03 Å². The molecule has 5 heteroatoms. The van der Waals surface area contributed by atoms with Crippen LogP contribution < -0.4 is 5.73 Å². The standard InChI is InChI=1S/C13H17N3O2/c14-7-4-8-16-12(17)10-15(13(16)18)9-11-5-2-1-3-6-11/h1-3,5-6H,4,7-10,14H2. The van der Waals surface area contributed by atoms with E-state index in [0.717, 1.165) is 5.56 Å². The van der Waals surface area contributed by atoms with E-state index < -0.39 is 0 Å². The number of amides is 3. The highest BCUT2D eigenvalue weighted by atomic mass is 16.2. The molecule has 0 unspecified atom stereocenters. The van der Waals surface area contributed by atoms with Gasteiger partial charge in [0.25, 0.3) is 0 Å². The van der Waals surface area contributed by atoms with E-state index in [1.165, 1.54) is 4.90 Å². The molecule has 1 heterocycles. The molecule has 1 aromatic rings. The van der Waals surface area contributed by atoms with Gasteiger partial charge in [-0.15, -0.1) is 0 Å². The lowest BCUT2D eigenvalue weighted by Crippen LogP contribution is -2.34. The maximum Gasteiger partial charge on any atom is 0.327 e. The van der Waals surface area contributed by atoms with Crippen LogP contribution in [0.2, 0.25) is 0 Å². The van der Waals surface area contributed by atoms with Gasteiger partial charge in [-0.05, 0) is 18.5 Å². The monoisotopic (exact) mass is 247 g/mol. The number of hydrogen-bond acceptors (Lipinski definition) is 3. The number of hydrogen-bond donors (Lipinski definition) is 1. The number of imide groups is 1. The van der Waals surface area contributed by atoms with Crippen molar-refractivity contribution >= 4 is 11.9 Å². The van der Waals surface area contributed by atoms with Gasteiger partial charge in [-0.2, -0.15) is 0 Å². The van der Waals surface area contributed by atoms with Crippen LogP contribution in [0.25, 0.3) is 0 Å². The lowest BCUT2D eigenvalue weighted by atomic mass is 10.2. The normalized spacial score (nSPS) is 15.6. The summed E-state index contributed by atoms with van der Waals surface area (Å²) in [6.45, 7) is 1.54. The summed E-state index contributed by atoms with van der Waals surface area (Å²) in [6.07, 6.45) is 0.649. The fraction of sp³-hybridized carbons (Fsp3) is 0.385. The molecule has 0 bridgehead atoms. The van der Waals surface area contributed by atoms with Crippen LogP contribution in [0.15, 0.2) is 30.3 Å². The molecule has 2 rings (SSSR count). The highest BCUT2D eigenvalue weighted by molar-refractivity contribution is 6.01. The number of carbonyl (C=O) groups excluding carboxylic acids is 2. The third kappa shape index (κ3) is 2.68. The average molecular weight is 247 g/mol. The van der Waals surface area contributed by atoms with Gasteiger partial charge in [-0.1, -0.05) is 30.3 Å². The first-order valence-corrected chi connectivity index (χ1v) is 6.05. The Balaban J connectivity index is 1.99. The maximum absolute atomic E-state index is 12.0. The summed E-state index contributed by atoms with van der Waals surface area (Å²) in [5, 5.41) is 0. The summed E-state index contributed by atoms with van der Waals surface area (Å²) in [4.78, 5) is 26.6. The van der Waals surface area contributed by atoms with Gasteiger partial charge in [0.2, 0.25) is 5.91 Å². The van der Waals surface area contributed by atoms with Crippen molar-refractivity contribution in [1.29, 1.82) is 0 Å². The van der Waals surface area contributed by atoms with E-state index in [4.69, 9.17) is 5.73 Å². The molecule has 0 saturated carbocycles. The summed E-state index contributed by atoms with van der Waals surface area (Å²) in [6, 6.07) is 9.44. The molecule has 2 N–H and O–H groups in total. The molecule has 0 atom stereocenters. The van der Waals surface area contributed by atoms with Crippen molar-refractivity contribution in [1.82, 2.24) is 9.80 Å². The van der Waals surface area contributed by atoms with Gasteiger partial charge in [0.1, 0.15) is 6.54 Å². The van der Waals surface area contributed by atoms with E-state index in [-0.39, 0.29) is 18.5 Å². The molecule has 1 aromatic carbocycles. The third-order valence-corrected chi connectivity index (χ3v) is 2.93. The molecule has 1 aliphatic rings. The summed E-state index contributed by atoms with van der Waals surface area (Å²) in [7, 11) is 0. The summed E-state index contributed by atoms with van der Waals surface area (Å²) < 4.78 is 0. The molecule has 96 valence electrons. The van der Waals surface area contributed by atoms with Crippen LogP contribution in [0.4, 0.5) is 4.79 Å². The lowest BCUT2D eigenvalue weighted by molar-refractivity contribution is -0.125. The summed E-state index contributed by atoms with van der Waals surface area (Å²) >= 11 is 0. The molecule has 0 aliphatic carbocycles. The van der Waals surface area contributed by atoms with Crippen molar-refractivity contribution in [2.45, 2.75) is 13.0 Å². The predicted molar refractivity (Wildman–Crippen MR) is 67.6 cm³/mol. The SMILES string of the molecule is NCCCN1C(=O)CN(Cc2ccccc2)C1=O. The molecular formula is C13H17N3O2. The summed E-state index contributed by atoms with van der Waals surface area (Å²) in [5.41, 5.74) is 6.42. The van der Waals surface area contributed by atoms with Crippen molar-refractivity contribution in [3.63, 3.8) is 0 Å². The minimum absolute atomic E-state index is 0.135. The number of urea groups is 1. The molecule has 1 aliphatic heterocycles. The quantitative estimate of drug-likeness (QED) is 0.783. The van der Waals surface area contributed by atoms with Gasteiger partial charge in [0.05, 0.1) is 0 Å². The number of carbonyl (C=O) groups is 2. The molecule has 3 amide bonds. The minimum Gasteiger partial charge on any atom is -0.330 e. The van der Waals surface area contributed by atoms with Crippen molar-refractivity contribution in [2.75, 3.05) is 19.6 Å². The van der Waals surface area contributed by atoms with Gasteiger partial charge in [0, 0.05) is 13.1 Å². The number of nitrogens with two attached hydrogens (primary N) is 1. The van der Waals surface area contributed by atoms with Crippen LogP contribution in [0.5, 0.6) is 0 Å². The van der Waals surface area contributed by atoms with Crippen LogP contribution >= 0.6 is 0 Å². The van der Waals surface area contributed by atoms with E-state index in [2.05, 4.69) is 0 Å². The van der Waals surface area contributed by atoms with Crippen molar-refractivity contribution in [2.24, 2.45) is 5.73 Å². The second-order valence-electron chi connectivity index (χ2n) is 4.31. The largest absolute Gasteiger partial charge is 0.330 e. The number of benzene rings is 1. The van der Waals surface area contributed by atoms with Gasteiger partial charge in [0.15, 0.2) is 0 Å². The van der Waals surface area contributed by atoms with Crippen molar-refractivity contribution < 1.29 is 9.59 Å².